The van der Waals surface area contributed by atoms with Crippen molar-refractivity contribution in [1.82, 2.24) is 10.6 Å². The van der Waals surface area contributed by atoms with E-state index in [9.17, 15) is 0 Å². The summed E-state index contributed by atoms with van der Waals surface area (Å²) in [6.07, 6.45) is 5.53. The molecule has 1 fully saturated rings. The van der Waals surface area contributed by atoms with Crippen LogP contribution in [0.4, 0.5) is 0 Å². The van der Waals surface area contributed by atoms with E-state index >= 15 is 0 Å². The Morgan fingerprint density at radius 2 is 2.04 bits per heavy atom. The molecule has 1 unspecified atom stereocenters. The Kier molecular flexibility index (Phi) is 11.6. The van der Waals surface area contributed by atoms with E-state index < -0.39 is 0 Å². The van der Waals surface area contributed by atoms with Gasteiger partial charge in [0.05, 0.1) is 6.10 Å². The number of guanidine groups is 1. The molecule has 0 amide bonds. The van der Waals surface area contributed by atoms with E-state index in [4.69, 9.17) is 9.47 Å². The molecule has 1 aliphatic heterocycles. The Labute approximate surface area is 191 Å². The highest BCUT2D eigenvalue weighted by Gasteiger charge is 2.31. The number of nitrogens with zero attached hydrogens (tertiary/aromatic N) is 1. The minimum Gasteiger partial charge on any atom is -0.490 e. The van der Waals surface area contributed by atoms with Gasteiger partial charge >= 0.3 is 0 Å². The van der Waals surface area contributed by atoms with Gasteiger partial charge in [0.2, 0.25) is 0 Å². The molecule has 160 valence electrons. The Balaban J connectivity index is 0.00000392. The van der Waals surface area contributed by atoms with Crippen molar-refractivity contribution in [3.63, 3.8) is 0 Å². The van der Waals surface area contributed by atoms with E-state index in [-0.39, 0.29) is 34.8 Å². The molecule has 7 heteroatoms. The maximum absolute atomic E-state index is 6.11. The van der Waals surface area contributed by atoms with E-state index in [1.54, 1.807) is 0 Å². The summed E-state index contributed by atoms with van der Waals surface area (Å²) in [6.45, 7) is 9.60. The zero-order chi connectivity index (χ0) is 19.7. The molecule has 2 rings (SSSR count). The molecule has 0 saturated carbocycles. The molecule has 0 aromatic heterocycles. The summed E-state index contributed by atoms with van der Waals surface area (Å²) in [6, 6.07) is 6.38. The van der Waals surface area contributed by atoms with Gasteiger partial charge in [-0.1, -0.05) is 19.1 Å². The first-order chi connectivity index (χ1) is 13.0. The first-order valence-corrected chi connectivity index (χ1v) is 11.1. The van der Waals surface area contributed by atoms with Crippen molar-refractivity contribution >= 4 is 41.7 Å². The van der Waals surface area contributed by atoms with Crippen LogP contribution in [0.25, 0.3) is 0 Å². The molecule has 0 bridgehead atoms. The molecule has 1 aliphatic rings. The first kappa shape index (κ1) is 25.4. The number of rotatable bonds is 8. The summed E-state index contributed by atoms with van der Waals surface area (Å²) in [5.74, 6) is 1.78. The second-order valence-electron chi connectivity index (χ2n) is 7.23. The van der Waals surface area contributed by atoms with E-state index in [0.29, 0.717) is 6.54 Å². The second kappa shape index (κ2) is 12.8. The molecule has 2 N–H and O–H groups in total. The number of nitrogens with one attached hydrogen (secondary N) is 2. The zero-order valence-electron chi connectivity index (χ0n) is 17.8. The molecule has 1 aromatic carbocycles. The minimum atomic E-state index is 0. The van der Waals surface area contributed by atoms with Gasteiger partial charge in [-0.05, 0) is 51.0 Å². The molecule has 0 aliphatic carbocycles. The third-order valence-corrected chi connectivity index (χ3v) is 6.63. The molecule has 0 radical (unpaired) electrons. The van der Waals surface area contributed by atoms with Gasteiger partial charge in [-0.2, -0.15) is 11.8 Å². The lowest BCUT2D eigenvalue weighted by Gasteiger charge is -2.36. The third kappa shape index (κ3) is 7.63. The summed E-state index contributed by atoms with van der Waals surface area (Å²) in [7, 11) is 1.82. The highest BCUT2D eigenvalue weighted by molar-refractivity contribution is 14.0. The number of aliphatic imine (C=N–C) groups is 1. The summed E-state index contributed by atoms with van der Waals surface area (Å²) in [5, 5.41) is 6.94. The highest BCUT2D eigenvalue weighted by Crippen LogP contribution is 2.33. The Morgan fingerprint density at radius 1 is 1.32 bits per heavy atom. The Hall–Kier alpha value is -0.670. The quantitative estimate of drug-likeness (QED) is 0.303. The average Bonchev–Trinajstić information content (AvgIpc) is 2.70. The van der Waals surface area contributed by atoms with Crippen LogP contribution in [0.1, 0.15) is 44.2 Å². The van der Waals surface area contributed by atoms with Crippen LogP contribution in [0.2, 0.25) is 0 Å². The van der Waals surface area contributed by atoms with Crippen LogP contribution in [0.15, 0.2) is 23.2 Å². The number of hydrogen-bond acceptors (Lipinski definition) is 4. The predicted octanol–water partition coefficient (Wildman–Crippen LogP) is 4.37. The number of halogens is 1. The third-order valence-electron chi connectivity index (χ3n) is 5.21. The molecule has 1 aromatic rings. The number of hydrogen-bond donors (Lipinski definition) is 2. The van der Waals surface area contributed by atoms with Crippen LogP contribution in [-0.4, -0.2) is 49.9 Å². The number of thioether (sulfide) groups is 1. The van der Waals surface area contributed by atoms with Crippen LogP contribution in [0, 0.1) is 6.92 Å². The molecular weight excluding hydrogens is 485 g/mol. The van der Waals surface area contributed by atoms with E-state index in [1.165, 1.54) is 5.56 Å². The van der Waals surface area contributed by atoms with Gasteiger partial charge in [-0.15, -0.1) is 24.0 Å². The van der Waals surface area contributed by atoms with Crippen molar-refractivity contribution in [3.8, 4) is 5.75 Å². The lowest BCUT2D eigenvalue weighted by atomic mass is 9.99. The normalized spacial score (nSPS) is 17.4. The van der Waals surface area contributed by atoms with Crippen molar-refractivity contribution in [1.29, 1.82) is 0 Å². The molecule has 0 spiro atoms. The van der Waals surface area contributed by atoms with Gasteiger partial charge in [0, 0.05) is 43.7 Å². The van der Waals surface area contributed by atoms with Gasteiger partial charge in [-0.3, -0.25) is 4.99 Å². The largest absolute Gasteiger partial charge is 0.490 e. The maximum Gasteiger partial charge on any atom is 0.191 e. The van der Waals surface area contributed by atoms with E-state index in [2.05, 4.69) is 60.9 Å². The standard InChI is InChI=1S/C21H35N3O2S.HI/c1-6-17(3)26-19-13-16(2)7-8-18(19)14-23-20(22-4)24-15-21(27-5)9-11-25-12-10-21;/h7-8,13,17H,6,9-12,14-15H2,1-5H3,(H2,22,23,24);1H. The minimum absolute atomic E-state index is 0. The van der Waals surface area contributed by atoms with Gasteiger partial charge in [-0.25, -0.2) is 0 Å². The summed E-state index contributed by atoms with van der Waals surface area (Å²) < 4.78 is 11.9. The fourth-order valence-electron chi connectivity index (χ4n) is 3.06. The number of aryl methyl sites for hydroxylation is 1. The lowest BCUT2D eigenvalue weighted by molar-refractivity contribution is 0.0783. The zero-order valence-corrected chi connectivity index (χ0v) is 21.0. The molecule has 1 heterocycles. The van der Waals surface area contributed by atoms with Crippen molar-refractivity contribution in [2.24, 2.45) is 4.99 Å². The monoisotopic (exact) mass is 521 g/mol. The molecule has 1 saturated heterocycles. The van der Waals surface area contributed by atoms with Crippen LogP contribution in [0.5, 0.6) is 5.75 Å². The smallest absolute Gasteiger partial charge is 0.191 e. The van der Waals surface area contributed by atoms with Crippen LogP contribution < -0.4 is 15.4 Å². The van der Waals surface area contributed by atoms with Crippen LogP contribution in [0.3, 0.4) is 0 Å². The van der Waals surface area contributed by atoms with Crippen molar-refractivity contribution in [3.05, 3.63) is 29.3 Å². The van der Waals surface area contributed by atoms with Crippen LogP contribution in [-0.2, 0) is 11.3 Å². The van der Waals surface area contributed by atoms with E-state index in [0.717, 1.165) is 56.3 Å². The van der Waals surface area contributed by atoms with Crippen molar-refractivity contribution in [2.75, 3.05) is 33.1 Å². The van der Waals surface area contributed by atoms with Gasteiger partial charge in [0.1, 0.15) is 5.75 Å². The number of benzene rings is 1. The molecular formula is C21H36IN3O2S. The van der Waals surface area contributed by atoms with Gasteiger partial charge in [0.25, 0.3) is 0 Å². The molecule has 28 heavy (non-hydrogen) atoms. The summed E-state index contributed by atoms with van der Waals surface area (Å²) in [4.78, 5) is 4.39. The predicted molar refractivity (Wildman–Crippen MR) is 131 cm³/mol. The van der Waals surface area contributed by atoms with E-state index in [1.807, 2.05) is 18.8 Å². The summed E-state index contributed by atoms with van der Waals surface area (Å²) in [5.41, 5.74) is 2.36. The average molecular weight is 522 g/mol. The van der Waals surface area contributed by atoms with Crippen LogP contribution >= 0.6 is 35.7 Å². The van der Waals surface area contributed by atoms with Crippen molar-refractivity contribution < 1.29 is 9.47 Å². The SMILES string of the molecule is CCC(C)Oc1cc(C)ccc1CNC(=NC)NCC1(SC)CCOCC1.I. The molecule has 5 nitrogen and oxygen atoms in total. The molecule has 1 atom stereocenters. The lowest BCUT2D eigenvalue weighted by Crippen LogP contribution is -2.47. The summed E-state index contributed by atoms with van der Waals surface area (Å²) >= 11 is 1.93. The Morgan fingerprint density at radius 3 is 2.64 bits per heavy atom. The second-order valence-corrected chi connectivity index (χ2v) is 8.50. The van der Waals surface area contributed by atoms with Gasteiger partial charge in [0.15, 0.2) is 5.96 Å². The maximum atomic E-state index is 6.11. The topological polar surface area (TPSA) is 54.9 Å². The Bertz CT molecular complexity index is 622. The number of ether oxygens (including phenoxy) is 2. The first-order valence-electron chi connectivity index (χ1n) is 9.85. The highest BCUT2D eigenvalue weighted by atomic mass is 127. The van der Waals surface area contributed by atoms with Crippen molar-refractivity contribution in [2.45, 2.75) is 57.4 Å². The van der Waals surface area contributed by atoms with Gasteiger partial charge < -0.3 is 20.1 Å². The fraction of sp³-hybridized carbons (Fsp3) is 0.667. The fourth-order valence-corrected chi connectivity index (χ4v) is 3.85.